The van der Waals surface area contributed by atoms with E-state index in [0.29, 0.717) is 28.5 Å². The largest absolute Gasteiger partial charge is 0.479 e. The van der Waals surface area contributed by atoms with E-state index in [-0.39, 0.29) is 5.82 Å². The number of rotatable bonds is 3. The van der Waals surface area contributed by atoms with E-state index < -0.39 is 12.2 Å². The molecule has 6 nitrogen and oxygen atoms in total. The van der Waals surface area contributed by atoms with Crippen molar-refractivity contribution >= 4 is 23.1 Å². The van der Waals surface area contributed by atoms with Crippen molar-refractivity contribution in [2.45, 2.75) is 25.6 Å². The Bertz CT molecular complexity index is 954. The maximum absolute atomic E-state index is 11.1. The number of hydrogen-bond donors (Lipinski definition) is 1. The van der Waals surface area contributed by atoms with Gasteiger partial charge in [-0.15, -0.1) is 4.91 Å². The molecule has 0 fully saturated rings. The predicted molar refractivity (Wildman–Crippen MR) is 89.9 cm³/mol. The number of aliphatic hydroxyl groups is 1. The third-order valence-electron chi connectivity index (χ3n) is 4.28. The van der Waals surface area contributed by atoms with Crippen LogP contribution < -0.4 is 4.74 Å². The summed E-state index contributed by atoms with van der Waals surface area (Å²) in [6.07, 6.45) is 0.945. The van der Waals surface area contributed by atoms with Crippen molar-refractivity contribution in [2.75, 3.05) is 0 Å². The van der Waals surface area contributed by atoms with Crippen molar-refractivity contribution in [3.63, 3.8) is 0 Å². The third kappa shape index (κ3) is 2.26. The van der Waals surface area contributed by atoms with Gasteiger partial charge in [0.2, 0.25) is 5.82 Å². The molecular formula is C17H14ClN3O3. The van der Waals surface area contributed by atoms with E-state index in [1.807, 2.05) is 24.3 Å². The summed E-state index contributed by atoms with van der Waals surface area (Å²) >= 11 is 6.15. The Morgan fingerprint density at radius 3 is 3.00 bits per heavy atom. The highest BCUT2D eigenvalue weighted by Gasteiger charge is 2.33. The van der Waals surface area contributed by atoms with Crippen LogP contribution in [-0.4, -0.2) is 20.6 Å². The quantitative estimate of drug-likeness (QED) is 0.735. The summed E-state index contributed by atoms with van der Waals surface area (Å²) in [5.41, 5.74) is 2.94. The smallest absolute Gasteiger partial charge is 0.204 e. The highest BCUT2D eigenvalue weighted by atomic mass is 35.5. The van der Waals surface area contributed by atoms with Crippen LogP contribution >= 0.6 is 11.6 Å². The van der Waals surface area contributed by atoms with Crippen LogP contribution in [0.2, 0.25) is 5.02 Å². The number of aliphatic hydroxyl groups excluding tert-OH is 1. The van der Waals surface area contributed by atoms with Gasteiger partial charge < -0.3 is 9.84 Å². The molecule has 3 aromatic rings. The Balaban J connectivity index is 1.82. The zero-order valence-corrected chi connectivity index (χ0v) is 13.6. The van der Waals surface area contributed by atoms with E-state index in [0.717, 1.165) is 11.1 Å². The van der Waals surface area contributed by atoms with Crippen molar-refractivity contribution in [2.24, 2.45) is 5.18 Å². The molecule has 2 heterocycles. The van der Waals surface area contributed by atoms with Crippen LogP contribution in [0, 0.1) is 11.8 Å². The fourth-order valence-corrected chi connectivity index (χ4v) is 3.39. The summed E-state index contributed by atoms with van der Waals surface area (Å²) in [7, 11) is 0. The molecule has 0 saturated heterocycles. The molecule has 0 spiro atoms. The van der Waals surface area contributed by atoms with Crippen LogP contribution in [-0.2, 0) is 6.42 Å². The molecule has 4 rings (SSSR count). The van der Waals surface area contributed by atoms with Crippen LogP contribution in [0.5, 0.6) is 5.75 Å². The molecule has 0 amide bonds. The van der Waals surface area contributed by atoms with Crippen molar-refractivity contribution in [1.82, 2.24) is 9.38 Å². The topological polar surface area (TPSA) is 76.2 Å². The number of imidazole rings is 1. The monoisotopic (exact) mass is 343 g/mol. The van der Waals surface area contributed by atoms with Crippen LogP contribution in [0.4, 0.5) is 5.82 Å². The second-order valence-electron chi connectivity index (χ2n) is 5.84. The average Bonchev–Trinajstić information content (AvgIpc) is 3.04. The Hall–Kier alpha value is -2.44. The summed E-state index contributed by atoms with van der Waals surface area (Å²) in [5.74, 6) is 0.589. The lowest BCUT2D eigenvalue weighted by Crippen LogP contribution is -2.19. The number of nitrogens with zero attached hydrogens (tertiary/aromatic N) is 3. The maximum Gasteiger partial charge on any atom is 0.204 e. The van der Waals surface area contributed by atoms with Gasteiger partial charge in [0.15, 0.2) is 17.5 Å². The first-order chi connectivity index (χ1) is 11.6. The molecule has 2 atom stereocenters. The lowest BCUT2D eigenvalue weighted by molar-refractivity contribution is 0.0502. The predicted octanol–water partition coefficient (Wildman–Crippen LogP) is 3.73. The molecule has 1 aliphatic carbocycles. The van der Waals surface area contributed by atoms with Crippen molar-refractivity contribution in [3.05, 3.63) is 63.3 Å². The first-order valence-electron chi connectivity index (χ1n) is 7.52. The number of aromatic nitrogens is 2. The highest BCUT2D eigenvalue weighted by molar-refractivity contribution is 6.30. The van der Waals surface area contributed by atoms with Gasteiger partial charge in [-0.2, -0.15) is 0 Å². The number of hydrogen-bond acceptors (Lipinski definition) is 5. The first-order valence-corrected chi connectivity index (χ1v) is 7.90. The fraction of sp³-hybridized carbons (Fsp3) is 0.235. The lowest BCUT2D eigenvalue weighted by atomic mass is 10.1. The molecule has 0 aliphatic heterocycles. The zero-order chi connectivity index (χ0) is 16.8. The van der Waals surface area contributed by atoms with Gasteiger partial charge in [-0.3, -0.25) is 4.40 Å². The van der Waals surface area contributed by atoms with E-state index in [4.69, 9.17) is 16.3 Å². The van der Waals surface area contributed by atoms with Crippen molar-refractivity contribution < 1.29 is 9.84 Å². The van der Waals surface area contributed by atoms with Gasteiger partial charge in [-0.05, 0) is 23.2 Å². The maximum atomic E-state index is 11.1. The molecule has 24 heavy (non-hydrogen) atoms. The average molecular weight is 344 g/mol. The van der Waals surface area contributed by atoms with E-state index in [9.17, 15) is 10.0 Å². The molecule has 7 heteroatoms. The van der Waals surface area contributed by atoms with Crippen LogP contribution in [0.15, 0.2) is 41.7 Å². The van der Waals surface area contributed by atoms with Gasteiger partial charge >= 0.3 is 0 Å². The van der Waals surface area contributed by atoms with Gasteiger partial charge in [0.1, 0.15) is 0 Å². The summed E-state index contributed by atoms with van der Waals surface area (Å²) in [6, 6.07) is 9.39. The number of aryl methyl sites for hydroxylation is 1. The molecule has 122 valence electrons. The molecule has 0 saturated carbocycles. The second-order valence-corrected chi connectivity index (χ2v) is 6.27. The minimum absolute atomic E-state index is 0.185. The van der Waals surface area contributed by atoms with Gasteiger partial charge in [0, 0.05) is 18.7 Å². The number of ether oxygens (including phenoxy) is 1. The van der Waals surface area contributed by atoms with Gasteiger partial charge in [-0.25, -0.2) is 4.98 Å². The fourth-order valence-electron chi connectivity index (χ4n) is 3.20. The molecule has 0 bridgehead atoms. The molecule has 0 radical (unpaired) electrons. The minimum Gasteiger partial charge on any atom is -0.479 e. The second kappa shape index (κ2) is 5.58. The Labute approximate surface area is 142 Å². The lowest BCUT2D eigenvalue weighted by Gasteiger charge is -2.19. The van der Waals surface area contributed by atoms with Crippen molar-refractivity contribution in [3.8, 4) is 5.75 Å². The highest BCUT2D eigenvalue weighted by Crippen LogP contribution is 2.38. The number of nitroso groups, excluding NO2 is 1. The zero-order valence-electron chi connectivity index (χ0n) is 12.8. The van der Waals surface area contributed by atoms with E-state index in [2.05, 4.69) is 10.2 Å². The first kappa shape index (κ1) is 15.1. The van der Waals surface area contributed by atoms with E-state index in [1.165, 1.54) is 4.40 Å². The SMILES string of the molecule is Cc1nc2c(O[C@@H]3c4ccccc4C[C@H]3O)cc(Cl)cn2c1N=O. The van der Waals surface area contributed by atoms with Gasteiger partial charge in [0.05, 0.1) is 16.8 Å². The number of halogens is 1. The molecular weight excluding hydrogens is 330 g/mol. The van der Waals surface area contributed by atoms with Crippen LogP contribution in [0.3, 0.4) is 0 Å². The van der Waals surface area contributed by atoms with Crippen molar-refractivity contribution in [1.29, 1.82) is 0 Å². The van der Waals surface area contributed by atoms with Gasteiger partial charge in [0.25, 0.3) is 0 Å². The molecule has 1 N–H and O–H groups in total. The van der Waals surface area contributed by atoms with E-state index in [1.54, 1.807) is 19.2 Å². The molecule has 1 aromatic carbocycles. The van der Waals surface area contributed by atoms with Crippen LogP contribution in [0.25, 0.3) is 5.65 Å². The summed E-state index contributed by atoms with van der Waals surface area (Å²) in [4.78, 5) is 15.4. The van der Waals surface area contributed by atoms with Gasteiger partial charge in [-0.1, -0.05) is 35.9 Å². The third-order valence-corrected chi connectivity index (χ3v) is 4.48. The normalized spacial score (nSPS) is 19.5. The Morgan fingerprint density at radius 1 is 1.42 bits per heavy atom. The summed E-state index contributed by atoms with van der Waals surface area (Å²) in [5, 5.41) is 13.8. The standard InChI is InChI=1S/C17H14ClN3O3/c1-9-16(20-23)21-8-11(18)7-14(17(21)19-9)24-15-12-5-3-2-4-10(12)6-13(15)22/h2-5,7-8,13,15,22H,6H2,1H3/t13-,15-/m1/s1. The molecule has 0 unspecified atom stereocenters. The Morgan fingerprint density at radius 2 is 2.21 bits per heavy atom. The number of fused-ring (bicyclic) bond motifs is 2. The molecule has 2 aromatic heterocycles. The molecule has 1 aliphatic rings. The Kier molecular flexibility index (Phi) is 3.51. The number of benzene rings is 1. The summed E-state index contributed by atoms with van der Waals surface area (Å²) < 4.78 is 7.57. The number of pyridine rings is 1. The minimum atomic E-state index is -0.652. The summed E-state index contributed by atoms with van der Waals surface area (Å²) in [6.45, 7) is 1.70. The van der Waals surface area contributed by atoms with E-state index >= 15 is 0 Å². The van der Waals surface area contributed by atoms with Crippen LogP contribution in [0.1, 0.15) is 22.9 Å².